The minimum Gasteiger partial charge on any atom is -0.340 e. The number of nitrogens with zero attached hydrogens (tertiary/aromatic N) is 7. The van der Waals surface area contributed by atoms with E-state index in [0.717, 1.165) is 32.9 Å². The first-order chi connectivity index (χ1) is 12.6. The lowest BCUT2D eigenvalue weighted by Crippen LogP contribution is -2.06. The molecule has 0 amide bonds. The Morgan fingerprint density at radius 2 is 2.08 bits per heavy atom. The van der Waals surface area contributed by atoms with Gasteiger partial charge >= 0.3 is 0 Å². The van der Waals surface area contributed by atoms with Crippen LogP contribution in [0, 0.1) is 13.8 Å². The second kappa shape index (κ2) is 5.60. The molecule has 0 bridgehead atoms. The molecule has 0 N–H and O–H groups in total. The lowest BCUT2D eigenvalue weighted by atomic mass is 10.1. The summed E-state index contributed by atoms with van der Waals surface area (Å²) in [4.78, 5) is 13.5. The van der Waals surface area contributed by atoms with E-state index in [4.69, 9.17) is 14.6 Å². The van der Waals surface area contributed by atoms with Crippen molar-refractivity contribution in [2.45, 2.75) is 26.8 Å². The Hall–Kier alpha value is -2.81. The fourth-order valence-corrected chi connectivity index (χ4v) is 3.59. The molecule has 0 aliphatic carbocycles. The van der Waals surface area contributed by atoms with Gasteiger partial charge in [-0.1, -0.05) is 21.1 Å². The topological polar surface area (TPSA) is 87.5 Å². The van der Waals surface area contributed by atoms with Crippen LogP contribution in [0.15, 0.2) is 33.5 Å². The zero-order chi connectivity index (χ0) is 17.8. The molecule has 1 aliphatic rings. The van der Waals surface area contributed by atoms with Crippen LogP contribution >= 0.6 is 15.9 Å². The van der Waals surface area contributed by atoms with Crippen molar-refractivity contribution in [1.29, 1.82) is 0 Å². The van der Waals surface area contributed by atoms with Crippen molar-refractivity contribution in [3.8, 4) is 17.1 Å². The molecular weight excluding hydrogens is 398 g/mol. The number of hydrogen-bond donors (Lipinski definition) is 0. The second-order valence-corrected chi connectivity index (χ2v) is 7.14. The molecule has 130 valence electrons. The van der Waals surface area contributed by atoms with E-state index >= 15 is 0 Å². The summed E-state index contributed by atoms with van der Waals surface area (Å²) in [7, 11) is 0. The highest BCUT2D eigenvalue weighted by atomic mass is 79.9. The molecule has 9 heteroatoms. The Morgan fingerprint density at radius 3 is 2.88 bits per heavy atom. The zero-order valence-electron chi connectivity index (χ0n) is 14.1. The molecule has 8 nitrogen and oxygen atoms in total. The van der Waals surface area contributed by atoms with Crippen LogP contribution in [0.1, 0.15) is 28.9 Å². The van der Waals surface area contributed by atoms with Gasteiger partial charge < -0.3 is 9.09 Å². The highest BCUT2D eigenvalue weighted by Gasteiger charge is 2.24. The Labute approximate surface area is 157 Å². The number of fused-ring (bicyclic) bond motifs is 5. The van der Waals surface area contributed by atoms with Crippen LogP contribution < -0.4 is 0 Å². The number of halogens is 1. The first kappa shape index (κ1) is 15.4. The van der Waals surface area contributed by atoms with Gasteiger partial charge in [0, 0.05) is 17.0 Å². The van der Waals surface area contributed by atoms with E-state index in [9.17, 15) is 0 Å². The highest BCUT2D eigenvalue weighted by Crippen LogP contribution is 2.33. The van der Waals surface area contributed by atoms with Gasteiger partial charge in [0.2, 0.25) is 5.89 Å². The van der Waals surface area contributed by atoms with Crippen molar-refractivity contribution >= 4 is 15.9 Å². The van der Waals surface area contributed by atoms with E-state index in [2.05, 4.69) is 47.8 Å². The molecule has 0 spiro atoms. The molecule has 0 atom stereocenters. The van der Waals surface area contributed by atoms with Crippen LogP contribution in [0.4, 0.5) is 0 Å². The van der Waals surface area contributed by atoms with Gasteiger partial charge in [-0.3, -0.25) is 0 Å². The van der Waals surface area contributed by atoms with Crippen LogP contribution in [0.2, 0.25) is 0 Å². The zero-order valence-corrected chi connectivity index (χ0v) is 15.7. The van der Waals surface area contributed by atoms with Crippen LogP contribution in [-0.4, -0.2) is 34.5 Å². The minimum absolute atomic E-state index is 0.429. The van der Waals surface area contributed by atoms with E-state index < -0.39 is 0 Å². The maximum atomic E-state index is 5.04. The molecule has 4 aromatic rings. The normalized spacial score (nSPS) is 12.4. The molecule has 3 aromatic heterocycles. The Kier molecular flexibility index (Phi) is 3.33. The Morgan fingerprint density at radius 1 is 1.19 bits per heavy atom. The monoisotopic (exact) mass is 411 g/mol. The van der Waals surface area contributed by atoms with Crippen molar-refractivity contribution < 1.29 is 4.52 Å². The fourth-order valence-electron chi connectivity index (χ4n) is 3.23. The number of aryl methyl sites for hydroxylation is 2. The summed E-state index contributed by atoms with van der Waals surface area (Å²) in [6, 6.07) is 6.14. The summed E-state index contributed by atoms with van der Waals surface area (Å²) in [6.07, 6.45) is 2.28. The summed E-state index contributed by atoms with van der Waals surface area (Å²) in [5.74, 6) is 2.60. The summed E-state index contributed by atoms with van der Waals surface area (Å²) in [5.41, 5.74) is 4.12. The van der Waals surface area contributed by atoms with Crippen LogP contribution in [0.5, 0.6) is 0 Å². The predicted molar refractivity (Wildman–Crippen MR) is 96.0 cm³/mol. The number of hydrogen-bond acceptors (Lipinski definition) is 6. The van der Waals surface area contributed by atoms with Gasteiger partial charge in [-0.25, -0.2) is 14.6 Å². The molecule has 0 saturated heterocycles. The molecule has 0 unspecified atom stereocenters. The molecule has 4 heterocycles. The lowest BCUT2D eigenvalue weighted by Gasteiger charge is -2.08. The molecule has 0 radical (unpaired) electrons. The maximum Gasteiger partial charge on any atom is 0.223 e. The smallest absolute Gasteiger partial charge is 0.223 e. The van der Waals surface area contributed by atoms with Gasteiger partial charge in [0.1, 0.15) is 0 Å². The average Bonchev–Trinajstić information content (AvgIpc) is 3.28. The largest absolute Gasteiger partial charge is 0.340 e. The number of benzene rings is 1. The van der Waals surface area contributed by atoms with Crippen molar-refractivity contribution in [2.24, 2.45) is 0 Å². The number of imidazole rings is 1. The SMILES string of the molecule is Cc1nc(Cc2nc3n(n2)Cc2c(C)ncn2-c2ccc(Br)cc2-3)no1. The van der Waals surface area contributed by atoms with Crippen molar-refractivity contribution in [3.05, 3.63) is 57.9 Å². The molecular formula is C17H14BrN7O. The van der Waals surface area contributed by atoms with Crippen molar-refractivity contribution in [3.63, 3.8) is 0 Å². The van der Waals surface area contributed by atoms with Crippen molar-refractivity contribution in [1.82, 2.24) is 34.5 Å². The third-order valence-corrected chi connectivity index (χ3v) is 4.93. The van der Waals surface area contributed by atoms with Crippen LogP contribution in [-0.2, 0) is 13.0 Å². The third kappa shape index (κ3) is 2.38. The lowest BCUT2D eigenvalue weighted by molar-refractivity contribution is 0.388. The van der Waals surface area contributed by atoms with Gasteiger partial charge in [-0.05, 0) is 25.1 Å². The van der Waals surface area contributed by atoms with Gasteiger partial charge in [-0.2, -0.15) is 10.1 Å². The molecule has 1 aliphatic heterocycles. The van der Waals surface area contributed by atoms with E-state index in [0.29, 0.717) is 30.5 Å². The number of rotatable bonds is 2. The van der Waals surface area contributed by atoms with Gasteiger partial charge in [0.15, 0.2) is 17.5 Å². The van der Waals surface area contributed by atoms with E-state index in [-0.39, 0.29) is 0 Å². The molecule has 5 rings (SSSR count). The van der Waals surface area contributed by atoms with E-state index in [1.54, 1.807) is 6.92 Å². The first-order valence-electron chi connectivity index (χ1n) is 8.14. The summed E-state index contributed by atoms with van der Waals surface area (Å²) in [6.45, 7) is 4.38. The Bertz CT molecular complexity index is 1140. The van der Waals surface area contributed by atoms with Gasteiger partial charge in [0.25, 0.3) is 0 Å². The second-order valence-electron chi connectivity index (χ2n) is 6.22. The Balaban J connectivity index is 1.67. The molecule has 1 aromatic carbocycles. The van der Waals surface area contributed by atoms with E-state index in [1.165, 1.54) is 0 Å². The summed E-state index contributed by atoms with van der Waals surface area (Å²) < 4.78 is 10.1. The third-order valence-electron chi connectivity index (χ3n) is 4.44. The molecule has 0 saturated carbocycles. The average molecular weight is 412 g/mol. The standard InChI is InChI=1S/C17H14BrN7O/c1-9-14-7-25-17(21-15(22-25)6-16-20-10(2)26-23-16)12-5-11(18)3-4-13(12)24(14)8-19-9/h3-5,8H,6-7H2,1-2H3. The van der Waals surface area contributed by atoms with Crippen molar-refractivity contribution in [2.75, 3.05) is 0 Å². The summed E-state index contributed by atoms with van der Waals surface area (Å²) in [5, 5.41) is 8.63. The van der Waals surface area contributed by atoms with Crippen LogP contribution in [0.25, 0.3) is 17.1 Å². The van der Waals surface area contributed by atoms with Gasteiger partial charge in [0.05, 0.1) is 36.4 Å². The molecule has 0 fully saturated rings. The number of aromatic nitrogens is 7. The first-order valence-corrected chi connectivity index (χ1v) is 8.94. The highest BCUT2D eigenvalue weighted by molar-refractivity contribution is 9.10. The molecule has 26 heavy (non-hydrogen) atoms. The van der Waals surface area contributed by atoms with Crippen LogP contribution in [0.3, 0.4) is 0 Å². The minimum atomic E-state index is 0.429. The maximum absolute atomic E-state index is 5.04. The van der Waals surface area contributed by atoms with E-state index in [1.807, 2.05) is 24.0 Å². The predicted octanol–water partition coefficient (Wildman–Crippen LogP) is 2.85. The fraction of sp³-hybridized carbons (Fsp3) is 0.235. The summed E-state index contributed by atoms with van der Waals surface area (Å²) >= 11 is 3.56. The van der Waals surface area contributed by atoms with Gasteiger partial charge in [-0.15, -0.1) is 0 Å². The quantitative estimate of drug-likeness (QED) is 0.443.